The van der Waals surface area contributed by atoms with E-state index in [4.69, 9.17) is 9.47 Å². The summed E-state index contributed by atoms with van der Waals surface area (Å²) in [6.45, 7) is 6.23. The number of aliphatic hydroxyl groups is 1. The van der Waals surface area contributed by atoms with Gasteiger partial charge in [0.05, 0.1) is 6.10 Å². The second kappa shape index (κ2) is 7.14. The summed E-state index contributed by atoms with van der Waals surface area (Å²) in [4.78, 5) is 0. The summed E-state index contributed by atoms with van der Waals surface area (Å²) >= 11 is 0. The van der Waals surface area contributed by atoms with Crippen LogP contribution in [0.25, 0.3) is 0 Å². The fourth-order valence-corrected chi connectivity index (χ4v) is 1.95. The number of benzene rings is 2. The third-order valence-corrected chi connectivity index (χ3v) is 3.07. The quantitative estimate of drug-likeness (QED) is 0.875. The molecule has 0 saturated heterocycles. The summed E-state index contributed by atoms with van der Waals surface area (Å²) in [5.74, 6) is 1.57. The van der Waals surface area contributed by atoms with Crippen molar-refractivity contribution in [3.63, 3.8) is 0 Å². The molecule has 0 bridgehead atoms. The Labute approximate surface area is 126 Å². The summed E-state index contributed by atoms with van der Waals surface area (Å²) in [5, 5.41) is 10.1. The first-order valence-corrected chi connectivity index (χ1v) is 7.19. The van der Waals surface area contributed by atoms with Gasteiger partial charge in [-0.05, 0) is 50.6 Å². The van der Waals surface area contributed by atoms with Crippen LogP contribution in [-0.4, -0.2) is 17.8 Å². The number of hydrogen-bond acceptors (Lipinski definition) is 3. The number of hydrogen-bond donors (Lipinski definition) is 1. The van der Waals surface area contributed by atoms with Gasteiger partial charge in [0.25, 0.3) is 0 Å². The van der Waals surface area contributed by atoms with Gasteiger partial charge in [-0.15, -0.1) is 0 Å². The van der Waals surface area contributed by atoms with Crippen LogP contribution >= 0.6 is 0 Å². The molecule has 0 amide bonds. The predicted octanol–water partition coefficient (Wildman–Crippen LogP) is 3.89. The Morgan fingerprint density at radius 3 is 2.05 bits per heavy atom. The lowest BCUT2D eigenvalue weighted by atomic mass is 10.1. The molecule has 3 nitrogen and oxygen atoms in total. The Morgan fingerprint density at radius 1 is 0.905 bits per heavy atom. The first-order valence-electron chi connectivity index (χ1n) is 7.19. The maximum absolute atomic E-state index is 10.1. The van der Waals surface area contributed by atoms with Gasteiger partial charge < -0.3 is 14.6 Å². The molecule has 2 rings (SSSR count). The molecule has 1 N–H and O–H groups in total. The van der Waals surface area contributed by atoms with Gasteiger partial charge in [-0.1, -0.05) is 29.8 Å². The van der Waals surface area contributed by atoms with Gasteiger partial charge in [-0.2, -0.15) is 0 Å². The third kappa shape index (κ3) is 4.80. The predicted molar refractivity (Wildman–Crippen MR) is 83.8 cm³/mol. The van der Waals surface area contributed by atoms with Crippen LogP contribution in [0, 0.1) is 6.92 Å². The average Bonchev–Trinajstić information content (AvgIpc) is 2.46. The Hall–Kier alpha value is -2.00. The van der Waals surface area contributed by atoms with Crippen LogP contribution in [0.4, 0.5) is 0 Å². The topological polar surface area (TPSA) is 38.7 Å². The highest BCUT2D eigenvalue weighted by Gasteiger charge is 2.09. The summed E-state index contributed by atoms with van der Waals surface area (Å²) in [5.41, 5.74) is 2.00. The molecule has 21 heavy (non-hydrogen) atoms. The maximum Gasteiger partial charge on any atom is 0.119 e. The molecule has 0 saturated carbocycles. The van der Waals surface area contributed by atoms with Crippen molar-refractivity contribution in [3.05, 3.63) is 59.7 Å². The van der Waals surface area contributed by atoms with Crippen molar-refractivity contribution in [3.8, 4) is 11.5 Å². The molecule has 0 radical (unpaired) electrons. The third-order valence-electron chi connectivity index (χ3n) is 3.07. The zero-order valence-corrected chi connectivity index (χ0v) is 12.7. The van der Waals surface area contributed by atoms with Crippen molar-refractivity contribution in [2.75, 3.05) is 6.61 Å². The molecule has 0 aliphatic carbocycles. The van der Waals surface area contributed by atoms with E-state index in [-0.39, 0.29) is 12.7 Å². The van der Waals surface area contributed by atoms with E-state index >= 15 is 0 Å². The summed E-state index contributed by atoms with van der Waals surface area (Å²) in [7, 11) is 0. The molecular formula is C18H22O3. The van der Waals surface area contributed by atoms with Gasteiger partial charge >= 0.3 is 0 Å². The number of ether oxygens (including phenoxy) is 2. The van der Waals surface area contributed by atoms with Gasteiger partial charge in [0.2, 0.25) is 0 Å². The van der Waals surface area contributed by atoms with Crippen LogP contribution in [0.3, 0.4) is 0 Å². The van der Waals surface area contributed by atoms with Gasteiger partial charge in [-0.25, -0.2) is 0 Å². The van der Waals surface area contributed by atoms with Crippen molar-refractivity contribution in [2.45, 2.75) is 33.0 Å². The fraction of sp³-hybridized carbons (Fsp3) is 0.333. The Kier molecular flexibility index (Phi) is 5.23. The molecule has 0 aromatic heterocycles. The van der Waals surface area contributed by atoms with E-state index in [2.05, 4.69) is 0 Å². The standard InChI is InChI=1S/C18H22O3/c1-13(2)21-17-10-6-15(7-11-17)18(19)12-20-16-8-4-14(3)5-9-16/h4-11,13,18-19H,12H2,1-3H3. The smallest absolute Gasteiger partial charge is 0.119 e. The van der Waals surface area contributed by atoms with Crippen LogP contribution in [0.5, 0.6) is 11.5 Å². The van der Waals surface area contributed by atoms with E-state index in [1.807, 2.05) is 69.3 Å². The highest BCUT2D eigenvalue weighted by molar-refractivity contribution is 5.29. The summed E-state index contributed by atoms with van der Waals surface area (Å²) < 4.78 is 11.2. The Morgan fingerprint density at radius 2 is 1.48 bits per heavy atom. The van der Waals surface area contributed by atoms with Crippen LogP contribution in [0.15, 0.2) is 48.5 Å². The SMILES string of the molecule is Cc1ccc(OCC(O)c2ccc(OC(C)C)cc2)cc1. The molecule has 112 valence electrons. The van der Waals surface area contributed by atoms with E-state index in [1.165, 1.54) is 5.56 Å². The van der Waals surface area contributed by atoms with E-state index in [0.29, 0.717) is 0 Å². The van der Waals surface area contributed by atoms with E-state index < -0.39 is 6.10 Å². The van der Waals surface area contributed by atoms with E-state index in [1.54, 1.807) is 0 Å². The minimum absolute atomic E-state index is 0.144. The Balaban J connectivity index is 1.90. The molecule has 3 heteroatoms. The van der Waals surface area contributed by atoms with Gasteiger partial charge in [-0.3, -0.25) is 0 Å². The van der Waals surface area contributed by atoms with Crippen LogP contribution in [0.1, 0.15) is 31.1 Å². The fourth-order valence-electron chi connectivity index (χ4n) is 1.95. The number of aryl methyl sites for hydroxylation is 1. The first-order chi connectivity index (χ1) is 10.0. The molecule has 0 spiro atoms. The van der Waals surface area contributed by atoms with Crippen molar-refractivity contribution < 1.29 is 14.6 Å². The van der Waals surface area contributed by atoms with Crippen LogP contribution in [-0.2, 0) is 0 Å². The van der Waals surface area contributed by atoms with Gasteiger partial charge in [0.1, 0.15) is 24.2 Å². The minimum Gasteiger partial charge on any atom is -0.491 e. The highest BCUT2D eigenvalue weighted by Crippen LogP contribution is 2.20. The van der Waals surface area contributed by atoms with Crippen molar-refractivity contribution >= 4 is 0 Å². The second-order valence-corrected chi connectivity index (χ2v) is 5.38. The molecular weight excluding hydrogens is 264 g/mol. The zero-order chi connectivity index (χ0) is 15.2. The molecule has 2 aromatic carbocycles. The van der Waals surface area contributed by atoms with E-state index in [0.717, 1.165) is 17.1 Å². The summed E-state index contributed by atoms with van der Waals surface area (Å²) in [6, 6.07) is 15.2. The van der Waals surface area contributed by atoms with Gasteiger partial charge in [0, 0.05) is 0 Å². The maximum atomic E-state index is 10.1. The Bertz CT molecular complexity index is 544. The first kappa shape index (κ1) is 15.4. The monoisotopic (exact) mass is 286 g/mol. The summed E-state index contributed by atoms with van der Waals surface area (Å²) in [6.07, 6.45) is -0.509. The van der Waals surface area contributed by atoms with Crippen molar-refractivity contribution in [2.24, 2.45) is 0 Å². The molecule has 0 fully saturated rings. The van der Waals surface area contributed by atoms with Gasteiger partial charge in [0.15, 0.2) is 0 Å². The second-order valence-electron chi connectivity index (χ2n) is 5.38. The lowest BCUT2D eigenvalue weighted by Crippen LogP contribution is -2.10. The normalized spacial score (nSPS) is 12.2. The van der Waals surface area contributed by atoms with Crippen LogP contribution < -0.4 is 9.47 Å². The van der Waals surface area contributed by atoms with E-state index in [9.17, 15) is 5.11 Å². The lowest BCUT2D eigenvalue weighted by molar-refractivity contribution is 0.108. The van der Waals surface area contributed by atoms with Crippen molar-refractivity contribution in [1.82, 2.24) is 0 Å². The largest absolute Gasteiger partial charge is 0.491 e. The minimum atomic E-state index is -0.653. The molecule has 2 aromatic rings. The average molecular weight is 286 g/mol. The lowest BCUT2D eigenvalue weighted by Gasteiger charge is -2.14. The zero-order valence-electron chi connectivity index (χ0n) is 12.7. The highest BCUT2D eigenvalue weighted by atomic mass is 16.5. The molecule has 0 aliphatic rings. The number of rotatable bonds is 6. The molecule has 0 aliphatic heterocycles. The van der Waals surface area contributed by atoms with Crippen molar-refractivity contribution in [1.29, 1.82) is 0 Å². The molecule has 1 unspecified atom stereocenters. The number of aliphatic hydroxyl groups excluding tert-OH is 1. The molecule has 0 heterocycles. The van der Waals surface area contributed by atoms with Crippen LogP contribution in [0.2, 0.25) is 0 Å². The molecule has 1 atom stereocenters.